The predicted octanol–water partition coefficient (Wildman–Crippen LogP) is 2.68. The number of likely N-dealkylation sites (tertiary alicyclic amines) is 1. The van der Waals surface area contributed by atoms with Crippen LogP contribution < -0.4 is 0 Å². The molecule has 1 aliphatic carbocycles. The number of carbonyl (C=O) groups is 2. The summed E-state index contributed by atoms with van der Waals surface area (Å²) in [7, 11) is 0. The highest BCUT2D eigenvalue weighted by molar-refractivity contribution is 5.97. The molecule has 2 fully saturated rings. The van der Waals surface area contributed by atoms with Gasteiger partial charge in [-0.1, -0.05) is 30.3 Å². The number of amides is 1. The Balaban J connectivity index is 1.39. The van der Waals surface area contributed by atoms with E-state index in [0.717, 1.165) is 25.5 Å². The van der Waals surface area contributed by atoms with Gasteiger partial charge in [-0.3, -0.25) is 9.59 Å². The Morgan fingerprint density at radius 3 is 2.59 bits per heavy atom. The van der Waals surface area contributed by atoms with Crippen molar-refractivity contribution < 1.29 is 14.3 Å². The van der Waals surface area contributed by atoms with Crippen LogP contribution in [0, 0.1) is 5.92 Å². The molecule has 22 heavy (non-hydrogen) atoms. The highest BCUT2D eigenvalue weighted by Gasteiger charge is 2.29. The van der Waals surface area contributed by atoms with Gasteiger partial charge in [-0.15, -0.1) is 0 Å². The Morgan fingerprint density at radius 1 is 1.09 bits per heavy atom. The van der Waals surface area contributed by atoms with Crippen molar-refractivity contribution in [3.05, 3.63) is 35.9 Å². The Hall–Kier alpha value is -1.68. The van der Waals surface area contributed by atoms with Gasteiger partial charge < -0.3 is 9.64 Å². The number of carbonyl (C=O) groups excluding carboxylic acids is 2. The van der Waals surface area contributed by atoms with Crippen LogP contribution in [0.4, 0.5) is 0 Å². The van der Waals surface area contributed by atoms with E-state index < -0.39 is 0 Å². The number of benzene rings is 1. The molecule has 0 N–H and O–H groups in total. The van der Waals surface area contributed by atoms with E-state index in [9.17, 15) is 9.59 Å². The molecule has 1 unspecified atom stereocenters. The molecule has 0 aromatic heterocycles. The summed E-state index contributed by atoms with van der Waals surface area (Å²) in [6.45, 7) is 2.29. The fourth-order valence-corrected chi connectivity index (χ4v) is 2.79. The van der Waals surface area contributed by atoms with Crippen molar-refractivity contribution in [2.75, 3.05) is 19.7 Å². The van der Waals surface area contributed by atoms with Crippen LogP contribution in [0.3, 0.4) is 0 Å². The second-order valence-electron chi connectivity index (χ2n) is 6.32. The summed E-state index contributed by atoms with van der Waals surface area (Å²) in [5.74, 6) is 0.865. The molecule has 1 saturated heterocycles. The zero-order chi connectivity index (χ0) is 15.4. The number of rotatable bonds is 7. The van der Waals surface area contributed by atoms with Gasteiger partial charge in [0, 0.05) is 38.1 Å². The smallest absolute Gasteiger partial charge is 0.223 e. The minimum Gasteiger partial charge on any atom is -0.376 e. The molecule has 0 bridgehead atoms. The van der Waals surface area contributed by atoms with E-state index in [1.54, 1.807) is 12.1 Å². The summed E-state index contributed by atoms with van der Waals surface area (Å²) in [4.78, 5) is 26.1. The maximum absolute atomic E-state index is 12.2. The molecular weight excluding hydrogens is 278 g/mol. The Bertz CT molecular complexity index is 524. The van der Waals surface area contributed by atoms with E-state index in [0.29, 0.717) is 18.5 Å². The van der Waals surface area contributed by atoms with Crippen LogP contribution in [0.25, 0.3) is 0 Å². The topological polar surface area (TPSA) is 46.6 Å². The molecule has 4 heteroatoms. The van der Waals surface area contributed by atoms with Crippen molar-refractivity contribution in [1.29, 1.82) is 0 Å². The molecule has 1 aromatic rings. The molecular formula is C18H23NO3. The number of Topliss-reactive ketones (excluding diaryl/α,β-unsaturated/α-hetero) is 1. The zero-order valence-electron chi connectivity index (χ0n) is 12.9. The molecule has 1 atom stereocenters. The van der Waals surface area contributed by atoms with E-state index in [1.165, 1.54) is 12.8 Å². The molecule has 1 aromatic carbocycles. The Labute approximate surface area is 131 Å². The fraction of sp³-hybridized carbons (Fsp3) is 0.556. The third-order valence-electron chi connectivity index (χ3n) is 4.42. The van der Waals surface area contributed by atoms with Gasteiger partial charge in [0.2, 0.25) is 5.91 Å². The molecule has 1 aliphatic heterocycles. The van der Waals surface area contributed by atoms with Crippen LogP contribution in [-0.4, -0.2) is 42.4 Å². The quantitative estimate of drug-likeness (QED) is 0.727. The maximum Gasteiger partial charge on any atom is 0.223 e. The lowest BCUT2D eigenvalue weighted by Gasteiger charge is -2.16. The molecule has 4 nitrogen and oxygen atoms in total. The molecule has 0 radical (unpaired) electrons. The van der Waals surface area contributed by atoms with Gasteiger partial charge in [-0.25, -0.2) is 0 Å². The third-order valence-corrected chi connectivity index (χ3v) is 4.42. The maximum atomic E-state index is 12.2. The second kappa shape index (κ2) is 7.05. The third kappa shape index (κ3) is 4.17. The molecule has 1 saturated carbocycles. The molecule has 1 heterocycles. The first-order valence-electron chi connectivity index (χ1n) is 8.20. The Kier molecular flexibility index (Phi) is 4.88. The Morgan fingerprint density at radius 2 is 1.86 bits per heavy atom. The molecule has 0 spiro atoms. The van der Waals surface area contributed by atoms with Gasteiger partial charge in [0.25, 0.3) is 0 Å². The highest BCUT2D eigenvalue weighted by atomic mass is 16.5. The second-order valence-corrected chi connectivity index (χ2v) is 6.32. The fourth-order valence-electron chi connectivity index (χ4n) is 2.79. The molecule has 118 valence electrons. The predicted molar refractivity (Wildman–Crippen MR) is 83.7 cm³/mol. The molecule has 2 aliphatic rings. The highest BCUT2D eigenvalue weighted by Crippen LogP contribution is 2.30. The lowest BCUT2D eigenvalue weighted by Crippen LogP contribution is -2.30. The van der Waals surface area contributed by atoms with Crippen LogP contribution in [0.5, 0.6) is 0 Å². The van der Waals surface area contributed by atoms with Gasteiger partial charge >= 0.3 is 0 Å². The lowest BCUT2D eigenvalue weighted by molar-refractivity contribution is -0.130. The van der Waals surface area contributed by atoms with Crippen LogP contribution in [0.2, 0.25) is 0 Å². The number of ketones is 1. The summed E-state index contributed by atoms with van der Waals surface area (Å²) in [6, 6.07) is 9.16. The van der Waals surface area contributed by atoms with Gasteiger partial charge in [0.05, 0.1) is 6.10 Å². The van der Waals surface area contributed by atoms with Crippen LogP contribution >= 0.6 is 0 Å². The number of nitrogens with zero attached hydrogens (tertiary/aromatic N) is 1. The minimum atomic E-state index is 0.0367. The average Bonchev–Trinajstić information content (AvgIpc) is 3.27. The first-order valence-corrected chi connectivity index (χ1v) is 8.20. The SMILES string of the molecule is O=C(CCC(=O)N1CCC(OCC2CC2)C1)c1ccccc1. The van der Waals surface area contributed by atoms with Crippen molar-refractivity contribution in [1.82, 2.24) is 4.90 Å². The first-order chi connectivity index (χ1) is 10.7. The minimum absolute atomic E-state index is 0.0367. The average molecular weight is 301 g/mol. The monoisotopic (exact) mass is 301 g/mol. The van der Waals surface area contributed by atoms with E-state index in [2.05, 4.69) is 0 Å². The van der Waals surface area contributed by atoms with Gasteiger partial charge in [-0.2, -0.15) is 0 Å². The summed E-state index contributed by atoms with van der Waals surface area (Å²) in [6.07, 6.45) is 4.27. The normalized spacial score (nSPS) is 21.1. The molecule has 1 amide bonds. The first kappa shape index (κ1) is 15.2. The van der Waals surface area contributed by atoms with Crippen LogP contribution in [-0.2, 0) is 9.53 Å². The standard InChI is InChI=1S/C18H23NO3/c20-17(15-4-2-1-3-5-15)8-9-18(21)19-11-10-16(12-19)22-13-14-6-7-14/h1-5,14,16H,6-13H2. The molecule has 3 rings (SSSR count). The van der Waals surface area contributed by atoms with Crippen LogP contribution in [0.15, 0.2) is 30.3 Å². The number of ether oxygens (including phenoxy) is 1. The van der Waals surface area contributed by atoms with Crippen molar-refractivity contribution in [2.24, 2.45) is 5.92 Å². The largest absolute Gasteiger partial charge is 0.376 e. The van der Waals surface area contributed by atoms with Crippen molar-refractivity contribution >= 4 is 11.7 Å². The van der Waals surface area contributed by atoms with Gasteiger partial charge in [-0.05, 0) is 25.2 Å². The summed E-state index contributed by atoms with van der Waals surface area (Å²) in [5, 5.41) is 0. The number of hydrogen-bond acceptors (Lipinski definition) is 3. The summed E-state index contributed by atoms with van der Waals surface area (Å²) < 4.78 is 5.84. The van der Waals surface area contributed by atoms with Crippen molar-refractivity contribution in [2.45, 2.75) is 38.2 Å². The van der Waals surface area contributed by atoms with E-state index >= 15 is 0 Å². The van der Waals surface area contributed by atoms with Crippen LogP contribution in [0.1, 0.15) is 42.5 Å². The number of hydrogen-bond donors (Lipinski definition) is 0. The van der Waals surface area contributed by atoms with E-state index in [1.807, 2.05) is 23.1 Å². The summed E-state index contributed by atoms with van der Waals surface area (Å²) >= 11 is 0. The van der Waals surface area contributed by atoms with Crippen molar-refractivity contribution in [3.63, 3.8) is 0 Å². The van der Waals surface area contributed by atoms with E-state index in [-0.39, 0.29) is 24.2 Å². The van der Waals surface area contributed by atoms with E-state index in [4.69, 9.17) is 4.74 Å². The zero-order valence-corrected chi connectivity index (χ0v) is 12.9. The lowest BCUT2D eigenvalue weighted by atomic mass is 10.1. The summed E-state index contributed by atoms with van der Waals surface area (Å²) in [5.41, 5.74) is 0.683. The van der Waals surface area contributed by atoms with Crippen molar-refractivity contribution in [3.8, 4) is 0 Å². The van der Waals surface area contributed by atoms with Gasteiger partial charge in [0.1, 0.15) is 0 Å². The van der Waals surface area contributed by atoms with Gasteiger partial charge in [0.15, 0.2) is 5.78 Å².